The van der Waals surface area contributed by atoms with Gasteiger partial charge in [-0.1, -0.05) is 6.07 Å². The van der Waals surface area contributed by atoms with Crippen molar-refractivity contribution in [1.82, 2.24) is 15.1 Å². The van der Waals surface area contributed by atoms with Gasteiger partial charge in [0.25, 0.3) is 0 Å². The smallest absolute Gasteiger partial charge is 0.237 e. The molecule has 26 heavy (non-hydrogen) atoms. The fourth-order valence-electron chi connectivity index (χ4n) is 3.37. The van der Waals surface area contributed by atoms with Crippen molar-refractivity contribution >= 4 is 5.91 Å². The van der Waals surface area contributed by atoms with Crippen molar-refractivity contribution in [3.8, 4) is 5.75 Å². The van der Waals surface area contributed by atoms with Crippen LogP contribution in [0.2, 0.25) is 0 Å². The van der Waals surface area contributed by atoms with Crippen LogP contribution in [0, 0.1) is 13.8 Å². The summed E-state index contributed by atoms with van der Waals surface area (Å²) in [4.78, 5) is 17.0. The van der Waals surface area contributed by atoms with E-state index in [1.165, 1.54) is 11.1 Å². The first-order valence-corrected chi connectivity index (χ1v) is 10.00. The molecule has 1 N–H and O–H groups in total. The molecular weight excluding hydrogens is 326 g/mol. The molecule has 5 nitrogen and oxygen atoms in total. The molecule has 1 aliphatic heterocycles. The van der Waals surface area contributed by atoms with E-state index < -0.39 is 0 Å². The Morgan fingerprint density at radius 3 is 2.58 bits per heavy atom. The molecule has 1 saturated heterocycles. The monoisotopic (exact) mass is 359 g/mol. The standard InChI is InChI=1S/C21H33N3O2/c1-16-5-8-20(15-17(16)2)26-14-4-9-23-10-12-24(13-11-23)18(3)21(25)22-19-6-7-19/h5,8,15,18-19H,4,6-7,9-14H2,1-3H3,(H,22,25)/t18-/m0/s1. The molecule has 0 bridgehead atoms. The van der Waals surface area contributed by atoms with E-state index in [-0.39, 0.29) is 11.9 Å². The molecule has 144 valence electrons. The van der Waals surface area contributed by atoms with Gasteiger partial charge in [-0.15, -0.1) is 0 Å². The number of hydrogen-bond donors (Lipinski definition) is 1. The summed E-state index contributed by atoms with van der Waals surface area (Å²) in [5, 5.41) is 3.12. The fourth-order valence-corrected chi connectivity index (χ4v) is 3.37. The van der Waals surface area contributed by atoms with Crippen molar-refractivity contribution in [2.24, 2.45) is 0 Å². The number of hydrogen-bond acceptors (Lipinski definition) is 4. The number of rotatable bonds is 8. The van der Waals surface area contributed by atoms with Gasteiger partial charge in [0.2, 0.25) is 5.91 Å². The Labute approximate surface area is 157 Å². The van der Waals surface area contributed by atoms with Gasteiger partial charge in [-0.25, -0.2) is 0 Å². The van der Waals surface area contributed by atoms with Gasteiger partial charge in [-0.2, -0.15) is 0 Å². The van der Waals surface area contributed by atoms with Crippen molar-refractivity contribution in [2.45, 2.75) is 52.1 Å². The van der Waals surface area contributed by atoms with Crippen LogP contribution >= 0.6 is 0 Å². The average molecular weight is 360 g/mol. The van der Waals surface area contributed by atoms with E-state index in [9.17, 15) is 4.79 Å². The van der Waals surface area contributed by atoms with Gasteiger partial charge in [0.1, 0.15) is 5.75 Å². The van der Waals surface area contributed by atoms with Gasteiger partial charge in [-0.3, -0.25) is 9.69 Å². The Kier molecular flexibility index (Phi) is 6.54. The van der Waals surface area contributed by atoms with E-state index in [1.54, 1.807) is 0 Å². The van der Waals surface area contributed by atoms with Crippen molar-refractivity contribution in [3.05, 3.63) is 29.3 Å². The number of nitrogens with one attached hydrogen (secondary N) is 1. The Morgan fingerprint density at radius 2 is 1.92 bits per heavy atom. The van der Waals surface area contributed by atoms with Crippen LogP contribution in [0.5, 0.6) is 5.75 Å². The van der Waals surface area contributed by atoms with Gasteiger partial charge in [-0.05, 0) is 63.3 Å². The number of benzene rings is 1. The van der Waals surface area contributed by atoms with Crippen LogP contribution in [-0.4, -0.2) is 67.1 Å². The van der Waals surface area contributed by atoms with Gasteiger partial charge in [0.15, 0.2) is 0 Å². The molecule has 1 aliphatic carbocycles. The molecule has 1 saturated carbocycles. The lowest BCUT2D eigenvalue weighted by atomic mass is 10.1. The van der Waals surface area contributed by atoms with Crippen molar-refractivity contribution < 1.29 is 9.53 Å². The second kappa shape index (κ2) is 8.87. The number of carbonyl (C=O) groups excluding carboxylic acids is 1. The molecule has 2 fully saturated rings. The molecule has 5 heteroatoms. The first-order chi connectivity index (χ1) is 12.5. The summed E-state index contributed by atoms with van der Waals surface area (Å²) in [7, 11) is 0. The number of piperazine rings is 1. The Morgan fingerprint density at radius 1 is 1.19 bits per heavy atom. The van der Waals surface area contributed by atoms with Crippen molar-refractivity contribution in [1.29, 1.82) is 0 Å². The summed E-state index contributed by atoms with van der Waals surface area (Å²) >= 11 is 0. The van der Waals surface area contributed by atoms with Gasteiger partial charge in [0, 0.05) is 38.8 Å². The van der Waals surface area contributed by atoms with Crippen LogP contribution < -0.4 is 10.1 Å². The Bertz CT molecular complexity index is 607. The van der Waals surface area contributed by atoms with Crippen molar-refractivity contribution in [3.63, 3.8) is 0 Å². The molecule has 0 aromatic heterocycles. The SMILES string of the molecule is Cc1ccc(OCCCN2CCN([C@@H](C)C(=O)NC3CC3)CC2)cc1C. The summed E-state index contributed by atoms with van der Waals surface area (Å²) in [5.41, 5.74) is 2.58. The summed E-state index contributed by atoms with van der Waals surface area (Å²) in [6, 6.07) is 6.72. The second-order valence-corrected chi connectivity index (χ2v) is 7.78. The number of aryl methyl sites for hydroxylation is 2. The zero-order valence-electron chi connectivity index (χ0n) is 16.5. The number of nitrogens with zero attached hydrogens (tertiary/aromatic N) is 2. The topological polar surface area (TPSA) is 44.8 Å². The lowest BCUT2D eigenvalue weighted by molar-refractivity contribution is -0.126. The van der Waals surface area contributed by atoms with E-state index in [4.69, 9.17) is 4.74 Å². The quantitative estimate of drug-likeness (QED) is 0.724. The lowest BCUT2D eigenvalue weighted by Crippen LogP contribution is -2.54. The molecular formula is C21H33N3O2. The zero-order chi connectivity index (χ0) is 18.5. The molecule has 1 aromatic rings. The summed E-state index contributed by atoms with van der Waals surface area (Å²) < 4.78 is 5.88. The van der Waals surface area contributed by atoms with E-state index in [1.807, 2.05) is 6.92 Å². The molecule has 0 radical (unpaired) electrons. The first kappa shape index (κ1) is 19.2. The maximum absolute atomic E-state index is 12.2. The maximum Gasteiger partial charge on any atom is 0.237 e. The van der Waals surface area contributed by atoms with E-state index in [0.29, 0.717) is 6.04 Å². The third kappa shape index (κ3) is 5.45. The maximum atomic E-state index is 12.2. The Hall–Kier alpha value is -1.59. The number of ether oxygens (including phenoxy) is 1. The molecule has 1 amide bonds. The zero-order valence-corrected chi connectivity index (χ0v) is 16.5. The molecule has 3 rings (SSSR count). The van der Waals surface area contributed by atoms with Crippen LogP contribution in [0.15, 0.2) is 18.2 Å². The minimum absolute atomic E-state index is 0.00846. The normalized spacial score (nSPS) is 20.0. The lowest BCUT2D eigenvalue weighted by Gasteiger charge is -2.37. The highest BCUT2D eigenvalue weighted by molar-refractivity contribution is 5.81. The average Bonchev–Trinajstić information content (AvgIpc) is 3.45. The molecule has 1 heterocycles. The Balaban J connectivity index is 1.31. The van der Waals surface area contributed by atoms with Crippen LogP contribution in [0.1, 0.15) is 37.3 Å². The fraction of sp³-hybridized carbons (Fsp3) is 0.667. The summed E-state index contributed by atoms with van der Waals surface area (Å²) in [6.45, 7) is 12.1. The minimum atomic E-state index is -0.00846. The highest BCUT2D eigenvalue weighted by atomic mass is 16.5. The molecule has 2 aliphatic rings. The highest BCUT2D eigenvalue weighted by Crippen LogP contribution is 2.19. The molecule has 1 atom stereocenters. The van der Waals surface area contributed by atoms with E-state index in [0.717, 1.165) is 64.3 Å². The third-order valence-electron chi connectivity index (χ3n) is 5.62. The third-order valence-corrected chi connectivity index (χ3v) is 5.62. The van der Waals surface area contributed by atoms with Gasteiger partial charge < -0.3 is 15.0 Å². The minimum Gasteiger partial charge on any atom is -0.494 e. The van der Waals surface area contributed by atoms with E-state index in [2.05, 4.69) is 47.2 Å². The highest BCUT2D eigenvalue weighted by Gasteiger charge is 2.29. The summed E-state index contributed by atoms with van der Waals surface area (Å²) in [5.74, 6) is 1.16. The van der Waals surface area contributed by atoms with Crippen LogP contribution in [0.4, 0.5) is 0 Å². The van der Waals surface area contributed by atoms with Crippen LogP contribution in [0.25, 0.3) is 0 Å². The summed E-state index contributed by atoms with van der Waals surface area (Å²) in [6.07, 6.45) is 3.33. The van der Waals surface area contributed by atoms with Crippen LogP contribution in [0.3, 0.4) is 0 Å². The number of carbonyl (C=O) groups is 1. The van der Waals surface area contributed by atoms with Gasteiger partial charge >= 0.3 is 0 Å². The van der Waals surface area contributed by atoms with E-state index >= 15 is 0 Å². The molecule has 0 unspecified atom stereocenters. The number of amides is 1. The molecule has 0 spiro atoms. The predicted octanol–water partition coefficient (Wildman–Crippen LogP) is 2.36. The van der Waals surface area contributed by atoms with Crippen molar-refractivity contribution in [2.75, 3.05) is 39.3 Å². The second-order valence-electron chi connectivity index (χ2n) is 7.78. The molecule has 1 aromatic carbocycles. The largest absolute Gasteiger partial charge is 0.494 e. The first-order valence-electron chi connectivity index (χ1n) is 10.00. The van der Waals surface area contributed by atoms with Crippen LogP contribution in [-0.2, 0) is 4.79 Å². The van der Waals surface area contributed by atoms with Gasteiger partial charge in [0.05, 0.1) is 12.6 Å². The predicted molar refractivity (Wildman–Crippen MR) is 105 cm³/mol.